The first-order chi connectivity index (χ1) is 7.93. The fourth-order valence-electron chi connectivity index (χ4n) is 3.29. The Bertz CT molecular complexity index is 506. The molecule has 0 amide bonds. The van der Waals surface area contributed by atoms with Crippen LogP contribution < -0.4 is 0 Å². The van der Waals surface area contributed by atoms with Crippen molar-refractivity contribution < 1.29 is 0 Å². The van der Waals surface area contributed by atoms with Gasteiger partial charge in [-0.25, -0.2) is 0 Å². The molecular formula is C16H19Si. The Labute approximate surface area is 108 Å². The van der Waals surface area contributed by atoms with Gasteiger partial charge in [-0.05, 0) is 46.4 Å². The number of hydrogen-bond donors (Lipinski definition) is 0. The molecule has 2 aliphatic rings. The van der Waals surface area contributed by atoms with Crippen LogP contribution in [-0.2, 0) is 6.42 Å². The summed E-state index contributed by atoms with van der Waals surface area (Å²) in [7, 11) is 4.08. The predicted molar refractivity (Wildman–Crippen MR) is 74.2 cm³/mol. The van der Waals surface area contributed by atoms with Crippen molar-refractivity contribution in [3.8, 4) is 0 Å². The zero-order valence-corrected chi connectivity index (χ0v) is 11.9. The third-order valence-corrected chi connectivity index (χ3v) is 6.01. The quantitative estimate of drug-likeness (QED) is 0.596. The Kier molecular flexibility index (Phi) is 2.22. The number of rotatable bonds is 0. The molecule has 87 valence electrons. The van der Waals surface area contributed by atoms with Gasteiger partial charge in [0.2, 0.25) is 0 Å². The number of benzene rings is 1. The van der Waals surface area contributed by atoms with Crippen molar-refractivity contribution in [2.24, 2.45) is 5.41 Å². The number of hydrogen-bond acceptors (Lipinski definition) is 0. The highest BCUT2D eigenvalue weighted by Gasteiger charge is 2.45. The van der Waals surface area contributed by atoms with Crippen molar-refractivity contribution in [2.75, 3.05) is 0 Å². The van der Waals surface area contributed by atoms with Gasteiger partial charge >= 0.3 is 0 Å². The number of fused-ring (bicyclic) bond motifs is 2. The molecule has 0 spiro atoms. The molecule has 0 N–H and O–H groups in total. The van der Waals surface area contributed by atoms with Crippen LogP contribution in [0.25, 0.3) is 5.57 Å². The maximum absolute atomic E-state index is 4.08. The third-order valence-electron chi connectivity index (χ3n) is 5.03. The van der Waals surface area contributed by atoms with Crippen LogP contribution in [0.4, 0.5) is 0 Å². The van der Waals surface area contributed by atoms with E-state index in [4.69, 9.17) is 0 Å². The molecule has 3 radical (unpaired) electrons. The van der Waals surface area contributed by atoms with E-state index in [1.54, 1.807) is 11.1 Å². The van der Waals surface area contributed by atoms with Gasteiger partial charge in [-0.1, -0.05) is 50.6 Å². The van der Waals surface area contributed by atoms with Crippen molar-refractivity contribution in [1.29, 1.82) is 0 Å². The molecule has 0 heterocycles. The van der Waals surface area contributed by atoms with E-state index < -0.39 is 0 Å². The first kappa shape index (κ1) is 11.3. The molecule has 1 aromatic rings. The van der Waals surface area contributed by atoms with Crippen molar-refractivity contribution in [3.05, 3.63) is 41.0 Å². The van der Waals surface area contributed by atoms with E-state index in [1.807, 2.05) is 0 Å². The molecule has 3 rings (SSSR count). The normalized spacial score (nSPS) is 30.1. The van der Waals surface area contributed by atoms with Gasteiger partial charge in [0, 0.05) is 10.2 Å². The summed E-state index contributed by atoms with van der Waals surface area (Å²) in [5.74, 6) is 0. The molecule has 0 fully saturated rings. The Morgan fingerprint density at radius 3 is 2.59 bits per heavy atom. The van der Waals surface area contributed by atoms with Crippen LogP contribution in [0.15, 0.2) is 29.8 Å². The summed E-state index contributed by atoms with van der Waals surface area (Å²) in [5, 5.41) is 0.138. The minimum Gasteiger partial charge on any atom is -0.0619 e. The molecule has 1 atom stereocenters. The highest BCUT2D eigenvalue weighted by atomic mass is 28.1. The molecule has 0 saturated carbocycles. The van der Waals surface area contributed by atoms with E-state index in [1.165, 1.54) is 24.0 Å². The van der Waals surface area contributed by atoms with E-state index in [0.29, 0.717) is 5.41 Å². The minimum atomic E-state index is 0.138. The molecule has 0 aromatic heterocycles. The smallest absolute Gasteiger partial charge is 0.0377 e. The monoisotopic (exact) mass is 239 g/mol. The van der Waals surface area contributed by atoms with Crippen molar-refractivity contribution in [2.45, 2.75) is 45.1 Å². The van der Waals surface area contributed by atoms with Crippen LogP contribution in [0.1, 0.15) is 44.7 Å². The zero-order chi connectivity index (χ0) is 12.3. The molecule has 0 nitrogen and oxygen atoms in total. The van der Waals surface area contributed by atoms with Gasteiger partial charge in [-0.3, -0.25) is 0 Å². The highest BCUT2D eigenvalue weighted by molar-refractivity contribution is 6.19. The molecular weight excluding hydrogens is 220 g/mol. The van der Waals surface area contributed by atoms with Crippen LogP contribution >= 0.6 is 0 Å². The summed E-state index contributed by atoms with van der Waals surface area (Å²) in [4.78, 5) is 0. The van der Waals surface area contributed by atoms with Gasteiger partial charge in [0.15, 0.2) is 0 Å². The number of allylic oxidation sites excluding steroid dienone is 2. The minimum absolute atomic E-state index is 0.138. The molecule has 0 aliphatic heterocycles. The Morgan fingerprint density at radius 1 is 1.12 bits per heavy atom. The standard InChI is InChI=1S/C16H19Si/c1-15(2)9-8-13-12-7-5-4-6-11(12)10-14(13)16(15,3)17/h4-7H,8-10H2,1-3H3. The van der Waals surface area contributed by atoms with Crippen LogP contribution in [0.3, 0.4) is 0 Å². The first-order valence-electron chi connectivity index (χ1n) is 6.49. The van der Waals surface area contributed by atoms with E-state index in [0.717, 1.165) is 6.42 Å². The van der Waals surface area contributed by atoms with E-state index >= 15 is 0 Å². The molecule has 17 heavy (non-hydrogen) atoms. The van der Waals surface area contributed by atoms with Gasteiger partial charge < -0.3 is 0 Å². The highest BCUT2D eigenvalue weighted by Crippen LogP contribution is 2.60. The van der Waals surface area contributed by atoms with Crippen molar-refractivity contribution >= 4 is 15.8 Å². The molecule has 1 heteroatoms. The van der Waals surface area contributed by atoms with Gasteiger partial charge in [0.05, 0.1) is 0 Å². The molecule has 0 bridgehead atoms. The Hall–Kier alpha value is -0.823. The van der Waals surface area contributed by atoms with Gasteiger partial charge in [-0.15, -0.1) is 0 Å². The zero-order valence-electron chi connectivity index (χ0n) is 10.9. The SMILES string of the molecule is CC1(C)CCC2=C(Cc3ccccc32)C1(C)[Si]. The lowest BCUT2D eigenvalue weighted by Crippen LogP contribution is -2.34. The van der Waals surface area contributed by atoms with Gasteiger partial charge in [0.25, 0.3) is 0 Å². The van der Waals surface area contributed by atoms with Crippen LogP contribution in [-0.4, -0.2) is 10.2 Å². The Morgan fingerprint density at radius 2 is 1.82 bits per heavy atom. The lowest BCUT2D eigenvalue weighted by atomic mass is 9.66. The maximum Gasteiger partial charge on any atom is 0.0377 e. The van der Waals surface area contributed by atoms with Crippen molar-refractivity contribution in [3.63, 3.8) is 0 Å². The van der Waals surface area contributed by atoms with Crippen LogP contribution in [0.2, 0.25) is 5.04 Å². The maximum atomic E-state index is 4.08. The second-order valence-electron chi connectivity index (χ2n) is 6.30. The van der Waals surface area contributed by atoms with E-state index in [9.17, 15) is 0 Å². The fraction of sp³-hybridized carbons (Fsp3) is 0.500. The Balaban J connectivity index is 2.15. The lowest BCUT2D eigenvalue weighted by molar-refractivity contribution is 0.250. The van der Waals surface area contributed by atoms with Crippen LogP contribution in [0, 0.1) is 5.41 Å². The molecule has 1 aromatic carbocycles. The van der Waals surface area contributed by atoms with Crippen molar-refractivity contribution in [1.82, 2.24) is 0 Å². The molecule has 0 saturated heterocycles. The summed E-state index contributed by atoms with van der Waals surface area (Å²) in [6, 6.07) is 8.90. The largest absolute Gasteiger partial charge is 0.0619 e. The fourth-order valence-corrected chi connectivity index (χ4v) is 3.65. The van der Waals surface area contributed by atoms with Crippen LogP contribution in [0.5, 0.6) is 0 Å². The van der Waals surface area contributed by atoms with Gasteiger partial charge in [0.1, 0.15) is 0 Å². The molecule has 2 aliphatic carbocycles. The summed E-state index contributed by atoms with van der Waals surface area (Å²) in [6.07, 6.45) is 3.63. The third kappa shape index (κ3) is 1.41. The average molecular weight is 239 g/mol. The lowest BCUT2D eigenvalue weighted by Gasteiger charge is -2.47. The second-order valence-corrected chi connectivity index (χ2v) is 7.30. The first-order valence-corrected chi connectivity index (χ1v) is 6.99. The average Bonchev–Trinajstić information content (AvgIpc) is 2.64. The van der Waals surface area contributed by atoms with Gasteiger partial charge in [-0.2, -0.15) is 0 Å². The second kappa shape index (κ2) is 3.35. The van der Waals surface area contributed by atoms with E-state index in [2.05, 4.69) is 55.3 Å². The molecule has 1 unspecified atom stereocenters. The van der Waals surface area contributed by atoms with E-state index in [-0.39, 0.29) is 5.04 Å². The summed E-state index contributed by atoms with van der Waals surface area (Å²) in [6.45, 7) is 7.11. The predicted octanol–water partition coefficient (Wildman–Crippen LogP) is 4.16. The summed E-state index contributed by atoms with van der Waals surface area (Å²) >= 11 is 0. The summed E-state index contributed by atoms with van der Waals surface area (Å²) < 4.78 is 0. The summed E-state index contributed by atoms with van der Waals surface area (Å²) in [5.41, 5.74) is 6.58. The topological polar surface area (TPSA) is 0 Å².